The number of hydrogen-bond donors (Lipinski definition) is 1. The van der Waals surface area contributed by atoms with Crippen LogP contribution in [0.5, 0.6) is 11.5 Å². The largest absolute Gasteiger partial charge is 0.493 e. The van der Waals surface area contributed by atoms with Crippen molar-refractivity contribution in [2.24, 2.45) is 0 Å². The average Bonchev–Trinajstić information content (AvgIpc) is 2.39. The molecule has 0 heterocycles. The van der Waals surface area contributed by atoms with Crippen molar-refractivity contribution in [1.82, 2.24) is 5.32 Å². The second kappa shape index (κ2) is 7.27. The third-order valence-electron chi connectivity index (χ3n) is 2.74. The lowest BCUT2D eigenvalue weighted by molar-refractivity contribution is -0.118. The fraction of sp³-hybridized carbons (Fsp3) is 0.429. The summed E-state index contributed by atoms with van der Waals surface area (Å²) >= 11 is 0. The van der Waals surface area contributed by atoms with E-state index in [1.54, 1.807) is 14.2 Å². The molecule has 0 saturated carbocycles. The molecule has 1 aromatic rings. The van der Waals surface area contributed by atoms with Crippen LogP contribution in [-0.4, -0.2) is 26.7 Å². The number of nitriles is 1. The van der Waals surface area contributed by atoms with E-state index < -0.39 is 0 Å². The van der Waals surface area contributed by atoms with Crippen LogP contribution < -0.4 is 14.8 Å². The van der Waals surface area contributed by atoms with Crippen molar-refractivity contribution in [3.63, 3.8) is 0 Å². The first kappa shape index (κ1) is 14.8. The van der Waals surface area contributed by atoms with Crippen LogP contribution in [0.4, 0.5) is 0 Å². The maximum Gasteiger partial charge on any atom is 0.216 e. The van der Waals surface area contributed by atoms with E-state index in [4.69, 9.17) is 14.7 Å². The minimum atomic E-state index is -0.0673. The minimum Gasteiger partial charge on any atom is -0.493 e. The summed E-state index contributed by atoms with van der Waals surface area (Å²) in [6.07, 6.45) is 0.951. The molecule has 102 valence electrons. The zero-order chi connectivity index (χ0) is 14.3. The minimum absolute atomic E-state index is 0.0673. The number of carbonyl (C=O) groups is 1. The monoisotopic (exact) mass is 262 g/mol. The maximum atomic E-state index is 10.9. The topological polar surface area (TPSA) is 71.3 Å². The highest BCUT2D eigenvalue weighted by molar-refractivity contribution is 5.72. The van der Waals surface area contributed by atoms with E-state index in [9.17, 15) is 4.79 Å². The quantitative estimate of drug-likeness (QED) is 0.842. The number of hydrogen-bond acceptors (Lipinski definition) is 4. The van der Waals surface area contributed by atoms with Crippen molar-refractivity contribution in [3.05, 3.63) is 23.3 Å². The molecule has 1 rings (SSSR count). The van der Waals surface area contributed by atoms with E-state index in [1.807, 2.05) is 12.1 Å². The molecule has 0 fully saturated rings. The van der Waals surface area contributed by atoms with Gasteiger partial charge >= 0.3 is 0 Å². The van der Waals surface area contributed by atoms with Crippen LogP contribution in [0.2, 0.25) is 0 Å². The molecule has 0 aliphatic rings. The molecule has 5 heteroatoms. The molecule has 1 N–H and O–H groups in total. The van der Waals surface area contributed by atoms with E-state index >= 15 is 0 Å². The van der Waals surface area contributed by atoms with Gasteiger partial charge in [-0.05, 0) is 29.7 Å². The molecule has 1 amide bonds. The van der Waals surface area contributed by atoms with Crippen molar-refractivity contribution in [3.8, 4) is 17.6 Å². The lowest BCUT2D eigenvalue weighted by Gasteiger charge is -2.13. The number of nitrogens with one attached hydrogen (secondary N) is 1. The molecule has 0 aliphatic carbocycles. The number of ether oxygens (including phenoxy) is 2. The van der Waals surface area contributed by atoms with Crippen LogP contribution >= 0.6 is 0 Å². The van der Waals surface area contributed by atoms with Crippen molar-refractivity contribution in [1.29, 1.82) is 5.26 Å². The lowest BCUT2D eigenvalue weighted by Crippen LogP contribution is -2.22. The predicted molar refractivity (Wildman–Crippen MR) is 71.3 cm³/mol. The smallest absolute Gasteiger partial charge is 0.216 e. The van der Waals surface area contributed by atoms with Crippen molar-refractivity contribution in [2.75, 3.05) is 20.8 Å². The summed E-state index contributed by atoms with van der Waals surface area (Å²) in [4.78, 5) is 10.9. The number of carbonyl (C=O) groups excluding carboxylic acids is 1. The maximum absolute atomic E-state index is 10.9. The van der Waals surface area contributed by atoms with Crippen LogP contribution in [0.3, 0.4) is 0 Å². The molecule has 0 spiro atoms. The molecule has 0 bridgehead atoms. The Balaban J connectivity index is 2.98. The highest BCUT2D eigenvalue weighted by Crippen LogP contribution is 2.31. The summed E-state index contributed by atoms with van der Waals surface area (Å²) < 4.78 is 10.5. The molecule has 0 aromatic heterocycles. The predicted octanol–water partition coefficient (Wildman–Crippen LogP) is 1.45. The Morgan fingerprint density at radius 1 is 1.26 bits per heavy atom. The van der Waals surface area contributed by atoms with E-state index in [2.05, 4.69) is 11.4 Å². The van der Waals surface area contributed by atoms with Gasteiger partial charge in [0.15, 0.2) is 11.5 Å². The molecule has 0 saturated heterocycles. The van der Waals surface area contributed by atoms with E-state index in [-0.39, 0.29) is 5.91 Å². The molecular weight excluding hydrogens is 244 g/mol. The van der Waals surface area contributed by atoms with Gasteiger partial charge in [0.05, 0.1) is 26.7 Å². The van der Waals surface area contributed by atoms with Crippen molar-refractivity contribution in [2.45, 2.75) is 19.8 Å². The van der Waals surface area contributed by atoms with Crippen LogP contribution in [0.15, 0.2) is 12.1 Å². The Morgan fingerprint density at radius 2 is 1.84 bits per heavy atom. The molecule has 0 radical (unpaired) electrons. The van der Waals surface area contributed by atoms with E-state index in [1.165, 1.54) is 6.92 Å². The highest BCUT2D eigenvalue weighted by atomic mass is 16.5. The van der Waals surface area contributed by atoms with Crippen molar-refractivity contribution < 1.29 is 14.3 Å². The Morgan fingerprint density at radius 3 is 2.32 bits per heavy atom. The number of methoxy groups -OCH3 is 2. The van der Waals surface area contributed by atoms with Gasteiger partial charge in [-0.2, -0.15) is 5.26 Å². The zero-order valence-electron chi connectivity index (χ0n) is 11.4. The molecule has 5 nitrogen and oxygen atoms in total. The fourth-order valence-corrected chi connectivity index (χ4v) is 1.82. The van der Waals surface area contributed by atoms with Gasteiger partial charge in [0.1, 0.15) is 0 Å². The van der Waals surface area contributed by atoms with Gasteiger partial charge in [0, 0.05) is 13.5 Å². The Kier molecular flexibility index (Phi) is 5.68. The third-order valence-corrected chi connectivity index (χ3v) is 2.74. The molecular formula is C14H18N2O3. The number of rotatable bonds is 6. The summed E-state index contributed by atoms with van der Waals surface area (Å²) in [5.74, 6) is 1.17. The first-order valence-electron chi connectivity index (χ1n) is 5.97. The molecule has 0 unspecified atom stereocenters. The van der Waals surface area contributed by atoms with Gasteiger partial charge < -0.3 is 14.8 Å². The Hall–Kier alpha value is -2.22. The fourth-order valence-electron chi connectivity index (χ4n) is 1.82. The van der Waals surface area contributed by atoms with Gasteiger partial charge in [-0.1, -0.05) is 0 Å². The number of nitrogens with zero attached hydrogens (tertiary/aromatic N) is 1. The second-order valence-corrected chi connectivity index (χ2v) is 4.04. The molecule has 0 atom stereocenters. The lowest BCUT2D eigenvalue weighted by atomic mass is 10.0. The normalized spacial score (nSPS) is 9.58. The van der Waals surface area contributed by atoms with Gasteiger partial charge in [-0.25, -0.2) is 0 Å². The van der Waals surface area contributed by atoms with Crippen LogP contribution in [0, 0.1) is 11.3 Å². The Bertz CT molecular complexity index is 492. The summed E-state index contributed by atoms with van der Waals surface area (Å²) in [5, 5.41) is 11.6. The first-order valence-corrected chi connectivity index (χ1v) is 5.97. The highest BCUT2D eigenvalue weighted by Gasteiger charge is 2.11. The summed E-state index contributed by atoms with van der Waals surface area (Å²) in [7, 11) is 3.13. The molecule has 19 heavy (non-hydrogen) atoms. The summed E-state index contributed by atoms with van der Waals surface area (Å²) in [5.41, 5.74) is 1.87. The van der Waals surface area contributed by atoms with Crippen molar-refractivity contribution >= 4 is 5.91 Å². The van der Waals surface area contributed by atoms with E-state index in [0.717, 1.165) is 11.1 Å². The van der Waals surface area contributed by atoms with Gasteiger partial charge in [0.25, 0.3) is 0 Å². The number of amides is 1. The second-order valence-electron chi connectivity index (χ2n) is 4.04. The van der Waals surface area contributed by atoms with Crippen LogP contribution in [0.1, 0.15) is 18.1 Å². The SMILES string of the molecule is COc1cc(CC#N)c(CCNC(C)=O)cc1OC. The zero-order valence-corrected chi connectivity index (χ0v) is 11.4. The summed E-state index contributed by atoms with van der Waals surface area (Å²) in [6, 6.07) is 5.79. The number of benzene rings is 1. The van der Waals surface area contributed by atoms with Crippen LogP contribution in [-0.2, 0) is 17.6 Å². The first-order chi connectivity index (χ1) is 9.12. The molecule has 0 aliphatic heterocycles. The summed E-state index contributed by atoms with van der Waals surface area (Å²) in [6.45, 7) is 2.01. The van der Waals surface area contributed by atoms with E-state index in [0.29, 0.717) is 30.9 Å². The van der Waals surface area contributed by atoms with Crippen LogP contribution in [0.25, 0.3) is 0 Å². The van der Waals surface area contributed by atoms with Gasteiger partial charge in [-0.15, -0.1) is 0 Å². The average molecular weight is 262 g/mol. The third kappa shape index (κ3) is 4.18. The standard InChI is InChI=1S/C14H18N2O3/c1-10(17)16-7-5-12-9-14(19-3)13(18-2)8-11(12)4-6-15/h8-9H,4-5,7H2,1-3H3,(H,16,17). The van der Waals surface area contributed by atoms with Gasteiger partial charge in [-0.3, -0.25) is 4.79 Å². The van der Waals surface area contributed by atoms with Gasteiger partial charge in [0.2, 0.25) is 5.91 Å². The Labute approximate surface area is 113 Å². The molecule has 1 aromatic carbocycles.